The minimum Gasteiger partial charge on any atom is -0.480 e. The number of fused-ring (bicyclic) bond motifs is 1. The number of aliphatic hydroxyl groups excluding tert-OH is 1. The molecule has 0 aliphatic heterocycles. The lowest BCUT2D eigenvalue weighted by Gasteiger charge is -2.38. The van der Waals surface area contributed by atoms with E-state index < -0.39 is 41.8 Å². The number of amides is 1. The fourth-order valence-electron chi connectivity index (χ4n) is 5.72. The monoisotopic (exact) mass is 537 g/mol. The van der Waals surface area contributed by atoms with E-state index in [0.717, 1.165) is 0 Å². The zero-order chi connectivity index (χ0) is 28.0. The number of benzene rings is 1. The smallest absolute Gasteiger partial charge is 0.435 e. The maximum Gasteiger partial charge on any atom is 0.435 e. The second-order valence-corrected chi connectivity index (χ2v) is 11.3. The number of halogens is 3. The first-order valence-electron chi connectivity index (χ1n) is 12.7. The summed E-state index contributed by atoms with van der Waals surface area (Å²) >= 11 is 0. The highest BCUT2D eigenvalue weighted by Gasteiger charge is 2.44. The van der Waals surface area contributed by atoms with Gasteiger partial charge in [-0.3, -0.25) is 9.59 Å². The summed E-state index contributed by atoms with van der Waals surface area (Å²) in [5.41, 5.74) is 10.4. The van der Waals surface area contributed by atoms with Crippen molar-refractivity contribution in [3.8, 4) is 5.69 Å². The molecule has 2 aromatic rings. The number of carbonyl (C=O) groups excluding carboxylic acids is 1. The molecule has 2 aliphatic carbocycles. The Balaban J connectivity index is 1.65. The third-order valence-electron chi connectivity index (χ3n) is 8.04. The molecule has 12 heteroatoms. The van der Waals surface area contributed by atoms with Gasteiger partial charge in [0.1, 0.15) is 5.54 Å². The molecule has 0 bridgehead atoms. The van der Waals surface area contributed by atoms with E-state index in [-0.39, 0.29) is 29.0 Å². The van der Waals surface area contributed by atoms with Gasteiger partial charge in [0.05, 0.1) is 17.9 Å². The normalized spacial score (nSPS) is 22.8. The van der Waals surface area contributed by atoms with Crippen molar-refractivity contribution >= 4 is 17.6 Å². The van der Waals surface area contributed by atoms with Gasteiger partial charge in [-0.2, -0.15) is 18.3 Å². The van der Waals surface area contributed by atoms with Crippen LogP contribution in [0.15, 0.2) is 18.2 Å². The van der Waals surface area contributed by atoms with Gasteiger partial charge in [-0.25, -0.2) is 4.68 Å². The van der Waals surface area contributed by atoms with Gasteiger partial charge >= 0.3 is 12.1 Å². The summed E-state index contributed by atoms with van der Waals surface area (Å²) in [5, 5.41) is 26.3. The van der Waals surface area contributed by atoms with Crippen molar-refractivity contribution in [2.24, 2.45) is 22.8 Å². The van der Waals surface area contributed by atoms with Crippen molar-refractivity contribution < 1.29 is 33.0 Å². The molecule has 0 saturated heterocycles. The van der Waals surface area contributed by atoms with Crippen LogP contribution < -0.4 is 16.8 Å². The molecule has 1 amide bonds. The van der Waals surface area contributed by atoms with E-state index in [1.165, 1.54) is 16.8 Å². The Labute approximate surface area is 218 Å². The van der Waals surface area contributed by atoms with E-state index in [1.54, 1.807) is 6.07 Å². The van der Waals surface area contributed by atoms with Gasteiger partial charge in [-0.05, 0) is 74.5 Å². The van der Waals surface area contributed by atoms with E-state index in [9.17, 15) is 33.0 Å². The van der Waals surface area contributed by atoms with Crippen molar-refractivity contribution in [3.05, 3.63) is 40.7 Å². The number of carbonyl (C=O) groups is 2. The van der Waals surface area contributed by atoms with Gasteiger partial charge in [0.15, 0.2) is 5.69 Å². The number of primary amides is 1. The predicted molar refractivity (Wildman–Crippen MR) is 134 cm³/mol. The number of aliphatic carboxylic acids is 1. The van der Waals surface area contributed by atoms with Gasteiger partial charge in [-0.1, -0.05) is 13.8 Å². The number of anilines is 1. The molecule has 1 aromatic heterocycles. The van der Waals surface area contributed by atoms with E-state index >= 15 is 0 Å². The zero-order valence-corrected chi connectivity index (χ0v) is 21.4. The molecule has 4 rings (SSSR count). The molecule has 1 fully saturated rings. The summed E-state index contributed by atoms with van der Waals surface area (Å²) in [4.78, 5) is 23.8. The van der Waals surface area contributed by atoms with Gasteiger partial charge in [0, 0.05) is 23.0 Å². The second-order valence-electron chi connectivity index (χ2n) is 11.3. The van der Waals surface area contributed by atoms with Crippen molar-refractivity contribution in [1.82, 2.24) is 9.78 Å². The van der Waals surface area contributed by atoms with Crippen LogP contribution in [0.2, 0.25) is 0 Å². The number of carboxylic acid groups (broad SMARTS) is 1. The SMILES string of the molecule is CC1(C)CCc2c(C(F)(F)F)nn(-c3ccc(C(N)=O)c(N[C@H]4CC[C@H]([C@](N)(CO)C(=O)O)CC4)c3)c2C1. The fraction of sp³-hybridized carbons (Fsp3) is 0.577. The summed E-state index contributed by atoms with van der Waals surface area (Å²) < 4.78 is 42.8. The maximum atomic E-state index is 13.8. The van der Waals surface area contributed by atoms with Gasteiger partial charge < -0.3 is 27.0 Å². The third-order valence-corrected chi connectivity index (χ3v) is 8.04. The topological polar surface area (TPSA) is 156 Å². The largest absolute Gasteiger partial charge is 0.480 e. The van der Waals surface area contributed by atoms with Gasteiger partial charge in [-0.15, -0.1) is 0 Å². The van der Waals surface area contributed by atoms with Crippen LogP contribution in [0, 0.1) is 11.3 Å². The van der Waals surface area contributed by atoms with Crippen LogP contribution in [0.5, 0.6) is 0 Å². The van der Waals surface area contributed by atoms with Crippen LogP contribution in [0.3, 0.4) is 0 Å². The number of aliphatic hydroxyl groups is 1. The molecule has 2 aliphatic rings. The molecular weight excluding hydrogens is 503 g/mol. The molecule has 0 unspecified atom stereocenters. The minimum absolute atomic E-state index is 0.160. The standard InChI is InChI=1S/C26H34F3N5O4/c1-24(2)10-9-18-20(12-24)34(33-21(18)26(27,28)29)16-7-8-17(22(30)36)19(11-16)32-15-5-3-14(4-6-15)25(31,13-35)23(37)38/h7-8,11,14-15,32,35H,3-6,9-10,12-13,31H2,1-2H3,(H2,30,36)(H,37,38)/t14-,15-,25-/m1/s1. The second kappa shape index (κ2) is 9.88. The predicted octanol–water partition coefficient (Wildman–Crippen LogP) is 3.25. The average molecular weight is 538 g/mol. The molecule has 9 nitrogen and oxygen atoms in total. The number of rotatable bonds is 7. The lowest BCUT2D eigenvalue weighted by Crippen LogP contribution is -2.58. The number of nitrogens with zero attached hydrogens (tertiary/aromatic N) is 2. The molecule has 1 heterocycles. The summed E-state index contributed by atoms with van der Waals surface area (Å²) in [6.45, 7) is 3.35. The van der Waals surface area contributed by atoms with Crippen LogP contribution in [0.4, 0.5) is 18.9 Å². The lowest BCUT2D eigenvalue weighted by molar-refractivity contribution is -0.148. The fourth-order valence-corrected chi connectivity index (χ4v) is 5.72. The number of aromatic nitrogens is 2. The number of nitrogens with one attached hydrogen (secondary N) is 1. The number of nitrogens with two attached hydrogens (primary N) is 2. The Bertz CT molecular complexity index is 1230. The van der Waals surface area contributed by atoms with E-state index in [4.69, 9.17) is 11.5 Å². The molecule has 0 radical (unpaired) electrons. The summed E-state index contributed by atoms with van der Waals surface area (Å²) in [6, 6.07) is 4.43. The molecule has 1 saturated carbocycles. The van der Waals surface area contributed by atoms with Gasteiger partial charge in [0.2, 0.25) is 0 Å². The Morgan fingerprint density at radius 3 is 2.42 bits per heavy atom. The Kier molecular flexibility index (Phi) is 7.26. The maximum absolute atomic E-state index is 13.8. The molecule has 0 spiro atoms. The van der Waals surface area contributed by atoms with Crippen LogP contribution in [0.1, 0.15) is 73.3 Å². The zero-order valence-electron chi connectivity index (χ0n) is 21.4. The lowest BCUT2D eigenvalue weighted by atomic mass is 9.74. The van der Waals surface area contributed by atoms with Crippen molar-refractivity contribution in [2.75, 3.05) is 11.9 Å². The summed E-state index contributed by atoms with van der Waals surface area (Å²) in [5.74, 6) is -2.38. The summed E-state index contributed by atoms with van der Waals surface area (Å²) in [6.07, 6.45) is -1.37. The van der Waals surface area contributed by atoms with Crippen LogP contribution in [0.25, 0.3) is 5.69 Å². The quantitative estimate of drug-likeness (QED) is 0.363. The van der Waals surface area contributed by atoms with Crippen LogP contribution >= 0.6 is 0 Å². The molecule has 1 aromatic carbocycles. The number of carboxylic acids is 1. The first kappa shape index (κ1) is 27.9. The van der Waals surface area contributed by atoms with Gasteiger partial charge in [0.25, 0.3) is 5.91 Å². The van der Waals surface area contributed by atoms with E-state index in [1.807, 2.05) is 13.8 Å². The Morgan fingerprint density at radius 1 is 1.21 bits per heavy atom. The highest BCUT2D eigenvalue weighted by atomic mass is 19.4. The summed E-state index contributed by atoms with van der Waals surface area (Å²) in [7, 11) is 0. The minimum atomic E-state index is -4.59. The van der Waals surface area contributed by atoms with Crippen LogP contribution in [-0.4, -0.2) is 50.1 Å². The molecule has 1 atom stereocenters. The number of hydrogen-bond donors (Lipinski definition) is 5. The highest BCUT2D eigenvalue weighted by molar-refractivity contribution is 5.99. The van der Waals surface area contributed by atoms with Crippen molar-refractivity contribution in [2.45, 2.75) is 76.6 Å². The van der Waals surface area contributed by atoms with Crippen molar-refractivity contribution in [3.63, 3.8) is 0 Å². The molecule has 208 valence electrons. The van der Waals surface area contributed by atoms with Crippen LogP contribution in [-0.2, 0) is 23.8 Å². The number of hydrogen-bond acceptors (Lipinski definition) is 6. The first-order chi connectivity index (χ1) is 17.7. The molecule has 7 N–H and O–H groups in total. The third kappa shape index (κ3) is 5.24. The average Bonchev–Trinajstić information content (AvgIpc) is 3.21. The molecular formula is C26H34F3N5O4. The van der Waals surface area contributed by atoms with E-state index in [2.05, 4.69) is 10.4 Å². The number of alkyl halides is 3. The first-order valence-corrected chi connectivity index (χ1v) is 12.7. The Morgan fingerprint density at radius 2 is 1.87 bits per heavy atom. The highest BCUT2D eigenvalue weighted by Crippen LogP contribution is 2.42. The van der Waals surface area contributed by atoms with Crippen molar-refractivity contribution in [1.29, 1.82) is 0 Å². The molecule has 38 heavy (non-hydrogen) atoms. The Hall–Kier alpha value is -3.12. The van der Waals surface area contributed by atoms with E-state index in [0.29, 0.717) is 55.6 Å².